The van der Waals surface area contributed by atoms with Gasteiger partial charge in [-0.3, -0.25) is 4.79 Å². The van der Waals surface area contributed by atoms with Gasteiger partial charge in [0.1, 0.15) is 0 Å². The fourth-order valence-corrected chi connectivity index (χ4v) is 3.59. The fraction of sp³-hybridized carbons (Fsp3) is 0.385. The van der Waals surface area contributed by atoms with Gasteiger partial charge in [0.15, 0.2) is 0 Å². The van der Waals surface area contributed by atoms with E-state index in [1.54, 1.807) is 0 Å². The van der Waals surface area contributed by atoms with Gasteiger partial charge in [0.25, 0.3) is 0 Å². The van der Waals surface area contributed by atoms with Crippen LogP contribution < -0.4 is 0 Å². The van der Waals surface area contributed by atoms with Crippen LogP contribution in [-0.2, 0) is 14.8 Å². The first kappa shape index (κ1) is 14.5. The molecular weight excluding hydrogens is 280 g/mol. The van der Waals surface area contributed by atoms with E-state index in [4.69, 9.17) is 10.4 Å². The normalized spacial score (nSPS) is 15.0. The number of hydrogen-bond acceptors (Lipinski definition) is 4. The van der Waals surface area contributed by atoms with Crippen LogP contribution in [0.15, 0.2) is 29.2 Å². The minimum Gasteiger partial charge on any atom is -0.481 e. The lowest BCUT2D eigenvalue weighted by Gasteiger charge is -2.21. The molecule has 0 aromatic heterocycles. The van der Waals surface area contributed by atoms with Gasteiger partial charge >= 0.3 is 5.97 Å². The summed E-state index contributed by atoms with van der Waals surface area (Å²) in [4.78, 5) is 10.7. The number of carbonyl (C=O) groups is 1. The van der Waals surface area contributed by atoms with E-state index < -0.39 is 16.0 Å². The maximum atomic E-state index is 12.5. The van der Waals surface area contributed by atoms with Crippen LogP contribution in [0.3, 0.4) is 0 Å². The average Bonchev–Trinajstić information content (AvgIpc) is 3.23. The Balaban J connectivity index is 2.25. The second-order valence-corrected chi connectivity index (χ2v) is 6.52. The molecule has 0 saturated heterocycles. The molecule has 7 heteroatoms. The van der Waals surface area contributed by atoms with E-state index in [2.05, 4.69) is 0 Å². The van der Waals surface area contributed by atoms with Gasteiger partial charge < -0.3 is 5.11 Å². The third-order valence-electron chi connectivity index (χ3n) is 3.09. The number of nitriles is 1. The van der Waals surface area contributed by atoms with Crippen molar-refractivity contribution in [2.24, 2.45) is 0 Å². The lowest BCUT2D eigenvalue weighted by atomic mass is 10.2. The smallest absolute Gasteiger partial charge is 0.304 e. The zero-order chi connectivity index (χ0) is 14.8. The molecule has 1 aromatic carbocycles. The third kappa shape index (κ3) is 3.15. The Kier molecular flexibility index (Phi) is 4.06. The lowest BCUT2D eigenvalue weighted by Crippen LogP contribution is -2.35. The molecule has 6 nitrogen and oxygen atoms in total. The van der Waals surface area contributed by atoms with Gasteiger partial charge in [0.05, 0.1) is 22.9 Å². The largest absolute Gasteiger partial charge is 0.481 e. The molecule has 1 aromatic rings. The number of aliphatic carboxylic acids is 1. The molecular formula is C13H14N2O4S. The summed E-state index contributed by atoms with van der Waals surface area (Å²) in [6.45, 7) is -0.0255. The molecule has 0 aliphatic heterocycles. The number of sulfonamides is 1. The van der Waals surface area contributed by atoms with E-state index in [-0.39, 0.29) is 23.9 Å². The molecule has 2 rings (SSSR count). The summed E-state index contributed by atoms with van der Waals surface area (Å²) in [6.07, 6.45) is 1.30. The van der Waals surface area contributed by atoms with E-state index in [1.165, 1.54) is 28.6 Å². The second kappa shape index (κ2) is 5.61. The zero-order valence-corrected chi connectivity index (χ0v) is 11.5. The predicted molar refractivity (Wildman–Crippen MR) is 70.3 cm³/mol. The first-order chi connectivity index (χ1) is 9.45. The van der Waals surface area contributed by atoms with Crippen LogP contribution in [0.1, 0.15) is 24.8 Å². The summed E-state index contributed by atoms with van der Waals surface area (Å²) >= 11 is 0. The van der Waals surface area contributed by atoms with Crippen LogP contribution in [0, 0.1) is 11.3 Å². The van der Waals surface area contributed by atoms with E-state index in [9.17, 15) is 13.2 Å². The van der Waals surface area contributed by atoms with Gasteiger partial charge in [-0.1, -0.05) is 0 Å². The highest BCUT2D eigenvalue weighted by atomic mass is 32.2. The summed E-state index contributed by atoms with van der Waals surface area (Å²) in [5.41, 5.74) is 0.382. The van der Waals surface area contributed by atoms with Gasteiger partial charge in [0, 0.05) is 12.6 Å². The van der Waals surface area contributed by atoms with Crippen LogP contribution in [0.5, 0.6) is 0 Å². The number of rotatable bonds is 6. The van der Waals surface area contributed by atoms with Gasteiger partial charge in [0.2, 0.25) is 10.0 Å². The highest BCUT2D eigenvalue weighted by Crippen LogP contribution is 2.32. The van der Waals surface area contributed by atoms with Crippen LogP contribution in [-0.4, -0.2) is 36.4 Å². The molecule has 1 fully saturated rings. The van der Waals surface area contributed by atoms with Crippen molar-refractivity contribution in [3.63, 3.8) is 0 Å². The minimum absolute atomic E-state index is 0.0255. The Morgan fingerprint density at radius 2 is 1.95 bits per heavy atom. The number of nitrogens with zero attached hydrogens (tertiary/aromatic N) is 2. The Morgan fingerprint density at radius 3 is 2.40 bits per heavy atom. The van der Waals surface area contributed by atoms with Crippen molar-refractivity contribution in [3.8, 4) is 6.07 Å². The first-order valence-electron chi connectivity index (χ1n) is 6.19. The fourth-order valence-electron chi connectivity index (χ4n) is 1.90. The Bertz CT molecular complexity index is 642. The van der Waals surface area contributed by atoms with Crippen LogP contribution in [0.25, 0.3) is 0 Å². The number of carboxylic acid groups (broad SMARTS) is 1. The molecule has 106 valence electrons. The summed E-state index contributed by atoms with van der Waals surface area (Å²) in [7, 11) is -3.70. The van der Waals surface area contributed by atoms with E-state index in [0.29, 0.717) is 5.56 Å². The number of hydrogen-bond donors (Lipinski definition) is 1. The second-order valence-electron chi connectivity index (χ2n) is 4.63. The van der Waals surface area contributed by atoms with Crippen molar-refractivity contribution in [2.45, 2.75) is 30.2 Å². The first-order valence-corrected chi connectivity index (χ1v) is 7.63. The standard InChI is InChI=1S/C13H14N2O4S/c14-9-10-1-5-12(6-2-10)20(18,19)15(11-3-4-11)8-7-13(16)17/h1-2,5-6,11H,3-4,7-8H2,(H,16,17). The average molecular weight is 294 g/mol. The third-order valence-corrected chi connectivity index (χ3v) is 5.06. The van der Waals surface area contributed by atoms with Crippen LogP contribution in [0.4, 0.5) is 0 Å². The SMILES string of the molecule is N#Cc1ccc(S(=O)(=O)N(CCC(=O)O)C2CC2)cc1. The van der Waals surface area contributed by atoms with Crippen molar-refractivity contribution < 1.29 is 18.3 Å². The van der Waals surface area contributed by atoms with Gasteiger partial charge in [-0.05, 0) is 37.1 Å². The van der Waals surface area contributed by atoms with Crippen molar-refractivity contribution in [3.05, 3.63) is 29.8 Å². The zero-order valence-electron chi connectivity index (χ0n) is 10.7. The number of carboxylic acids is 1. The topological polar surface area (TPSA) is 98.5 Å². The molecule has 20 heavy (non-hydrogen) atoms. The molecule has 0 atom stereocenters. The summed E-state index contributed by atoms with van der Waals surface area (Å²) in [5, 5.41) is 17.4. The molecule has 1 saturated carbocycles. The highest BCUT2D eigenvalue weighted by molar-refractivity contribution is 7.89. The molecule has 0 radical (unpaired) electrons. The van der Waals surface area contributed by atoms with Crippen molar-refractivity contribution in [1.29, 1.82) is 5.26 Å². The molecule has 0 heterocycles. The van der Waals surface area contributed by atoms with Gasteiger partial charge in [-0.2, -0.15) is 9.57 Å². The van der Waals surface area contributed by atoms with Crippen molar-refractivity contribution >= 4 is 16.0 Å². The Morgan fingerprint density at radius 1 is 1.35 bits per heavy atom. The molecule has 0 bridgehead atoms. The monoisotopic (exact) mass is 294 g/mol. The number of benzene rings is 1. The van der Waals surface area contributed by atoms with Crippen molar-refractivity contribution in [1.82, 2.24) is 4.31 Å². The van der Waals surface area contributed by atoms with Crippen LogP contribution in [0.2, 0.25) is 0 Å². The molecule has 1 aliphatic rings. The predicted octanol–water partition coefficient (Wildman–Crippen LogP) is 1.19. The molecule has 0 unspecified atom stereocenters. The molecule has 0 amide bonds. The quantitative estimate of drug-likeness (QED) is 0.849. The van der Waals surface area contributed by atoms with E-state index >= 15 is 0 Å². The van der Waals surface area contributed by atoms with Crippen molar-refractivity contribution in [2.75, 3.05) is 6.54 Å². The van der Waals surface area contributed by atoms with Gasteiger partial charge in [-0.15, -0.1) is 0 Å². The maximum Gasteiger partial charge on any atom is 0.304 e. The molecule has 1 N–H and O–H groups in total. The Labute approximate surface area is 117 Å². The summed E-state index contributed by atoms with van der Waals surface area (Å²) in [6, 6.07) is 7.46. The minimum atomic E-state index is -3.70. The Hall–Kier alpha value is -1.91. The van der Waals surface area contributed by atoms with E-state index in [0.717, 1.165) is 12.8 Å². The highest BCUT2D eigenvalue weighted by Gasteiger charge is 2.38. The molecule has 0 spiro atoms. The maximum absolute atomic E-state index is 12.5. The van der Waals surface area contributed by atoms with Crippen LogP contribution >= 0.6 is 0 Å². The summed E-state index contributed by atoms with van der Waals surface area (Å²) in [5.74, 6) is -1.02. The lowest BCUT2D eigenvalue weighted by molar-refractivity contribution is -0.137. The van der Waals surface area contributed by atoms with E-state index in [1.807, 2.05) is 6.07 Å². The molecule has 1 aliphatic carbocycles. The summed E-state index contributed by atoms with van der Waals surface area (Å²) < 4.78 is 26.2. The van der Waals surface area contributed by atoms with Gasteiger partial charge in [-0.25, -0.2) is 8.42 Å².